The van der Waals surface area contributed by atoms with Crippen LogP contribution in [-0.2, 0) is 0 Å². The Bertz CT molecular complexity index is 407. The fraction of sp³-hybridized carbons (Fsp3) is 0.412. The van der Waals surface area contributed by atoms with Crippen LogP contribution >= 0.6 is 0 Å². The van der Waals surface area contributed by atoms with Crippen molar-refractivity contribution >= 4 is 12.4 Å². The molecule has 104 valence electrons. The van der Waals surface area contributed by atoms with E-state index < -0.39 is 0 Å². The average Bonchev–Trinajstić information content (AvgIpc) is 2.40. The summed E-state index contributed by atoms with van der Waals surface area (Å²) in [5, 5.41) is 0. The van der Waals surface area contributed by atoms with E-state index in [0.29, 0.717) is 0 Å². The molecule has 0 N–H and O–H groups in total. The van der Waals surface area contributed by atoms with Gasteiger partial charge in [-0.15, -0.1) is 0 Å². The second-order valence-corrected chi connectivity index (χ2v) is 4.29. The molecule has 0 bridgehead atoms. The van der Waals surface area contributed by atoms with Gasteiger partial charge in [-0.25, -0.2) is 0 Å². The first-order valence-corrected chi connectivity index (χ1v) is 6.77. The van der Waals surface area contributed by atoms with Crippen LogP contribution in [0.15, 0.2) is 57.7 Å². The van der Waals surface area contributed by atoms with Crippen LogP contribution < -0.4 is 0 Å². The Hall–Kier alpha value is -1.70. The Morgan fingerprint density at radius 2 is 1.95 bits per heavy atom. The van der Waals surface area contributed by atoms with Crippen LogP contribution in [-0.4, -0.2) is 19.0 Å². The number of allylic oxidation sites excluding steroid dienone is 7. The van der Waals surface area contributed by atoms with E-state index in [9.17, 15) is 0 Å². The molecule has 0 radical (unpaired) electrons. The van der Waals surface area contributed by atoms with Crippen molar-refractivity contribution in [3.05, 3.63) is 47.7 Å². The summed E-state index contributed by atoms with van der Waals surface area (Å²) in [6, 6.07) is 0. The lowest BCUT2D eigenvalue weighted by Crippen LogP contribution is -1.88. The van der Waals surface area contributed by atoms with Crippen molar-refractivity contribution in [2.45, 2.75) is 40.5 Å². The average molecular weight is 258 g/mol. The molecule has 0 amide bonds. The van der Waals surface area contributed by atoms with E-state index in [4.69, 9.17) is 0 Å². The Balaban J connectivity index is 4.22. The van der Waals surface area contributed by atoms with Gasteiger partial charge in [0.1, 0.15) is 0 Å². The zero-order valence-corrected chi connectivity index (χ0v) is 12.7. The lowest BCUT2D eigenvalue weighted by atomic mass is 10.2. The normalized spacial score (nSPS) is 14.6. The van der Waals surface area contributed by atoms with E-state index in [1.807, 2.05) is 27.0 Å². The topological polar surface area (TPSA) is 24.7 Å². The lowest BCUT2D eigenvalue weighted by Gasteiger charge is -1.98. The zero-order chi connectivity index (χ0) is 14.5. The molecule has 2 nitrogen and oxygen atoms in total. The third kappa shape index (κ3) is 8.95. The third-order valence-electron chi connectivity index (χ3n) is 2.58. The number of rotatable bonds is 8. The van der Waals surface area contributed by atoms with Gasteiger partial charge >= 0.3 is 0 Å². The highest BCUT2D eigenvalue weighted by Crippen LogP contribution is 2.04. The summed E-state index contributed by atoms with van der Waals surface area (Å²) in [4.78, 5) is 8.69. The van der Waals surface area contributed by atoms with Gasteiger partial charge in [-0.05, 0) is 46.1 Å². The highest BCUT2D eigenvalue weighted by molar-refractivity contribution is 5.82. The van der Waals surface area contributed by atoms with Crippen LogP contribution in [0.25, 0.3) is 0 Å². The number of aliphatic imine (C=N–C) groups is 2. The molecule has 0 aromatic rings. The molecular formula is C17H26N2. The molecule has 19 heavy (non-hydrogen) atoms. The zero-order valence-electron chi connectivity index (χ0n) is 12.7. The summed E-state index contributed by atoms with van der Waals surface area (Å²) in [7, 11) is 0. The number of hydrogen-bond acceptors (Lipinski definition) is 2. The summed E-state index contributed by atoms with van der Waals surface area (Å²) >= 11 is 0. The maximum atomic E-state index is 4.41. The van der Waals surface area contributed by atoms with E-state index in [0.717, 1.165) is 30.7 Å². The van der Waals surface area contributed by atoms with Crippen LogP contribution in [0.1, 0.15) is 40.5 Å². The predicted octanol–water partition coefficient (Wildman–Crippen LogP) is 4.91. The first-order chi connectivity index (χ1) is 9.15. The van der Waals surface area contributed by atoms with Crippen molar-refractivity contribution in [3.63, 3.8) is 0 Å². The van der Waals surface area contributed by atoms with Crippen molar-refractivity contribution < 1.29 is 0 Å². The Kier molecular flexibility index (Phi) is 10.4. The van der Waals surface area contributed by atoms with Gasteiger partial charge in [0.2, 0.25) is 0 Å². The van der Waals surface area contributed by atoms with E-state index >= 15 is 0 Å². The molecule has 0 saturated carbocycles. The van der Waals surface area contributed by atoms with Crippen molar-refractivity contribution in [1.29, 1.82) is 0 Å². The minimum atomic E-state index is 0.826. The van der Waals surface area contributed by atoms with E-state index in [-0.39, 0.29) is 0 Å². The van der Waals surface area contributed by atoms with Crippen molar-refractivity contribution in [1.82, 2.24) is 0 Å². The standard InChI is InChI=1S/C17H26N2/c1-6-11-15(4)12-9-10-13-18-14-17(19-8-3)16(5)7-2/h6-8,11-12,14H,2,9-10,13H2,1,3-5H3/b11-6+,15-12+,17-16-,18-14?,19-8?. The molecule has 0 saturated heterocycles. The predicted molar refractivity (Wildman–Crippen MR) is 88.2 cm³/mol. The van der Waals surface area contributed by atoms with E-state index in [2.05, 4.69) is 41.7 Å². The number of unbranched alkanes of at least 4 members (excludes halogenated alkanes) is 1. The first kappa shape index (κ1) is 17.3. The Morgan fingerprint density at radius 1 is 1.21 bits per heavy atom. The highest BCUT2D eigenvalue weighted by Gasteiger charge is 1.92. The van der Waals surface area contributed by atoms with Gasteiger partial charge in [0, 0.05) is 19.0 Å². The van der Waals surface area contributed by atoms with Gasteiger partial charge in [0.25, 0.3) is 0 Å². The summed E-state index contributed by atoms with van der Waals surface area (Å²) in [5.41, 5.74) is 3.24. The van der Waals surface area contributed by atoms with Crippen molar-refractivity contribution in [2.75, 3.05) is 6.54 Å². The Morgan fingerprint density at radius 3 is 2.53 bits per heavy atom. The van der Waals surface area contributed by atoms with Gasteiger partial charge < -0.3 is 0 Å². The quantitative estimate of drug-likeness (QED) is 0.336. The minimum Gasteiger partial charge on any atom is -0.291 e. The maximum absolute atomic E-state index is 4.41. The van der Waals surface area contributed by atoms with Crippen LogP contribution in [0.2, 0.25) is 0 Å². The third-order valence-corrected chi connectivity index (χ3v) is 2.58. The molecule has 0 spiro atoms. The minimum absolute atomic E-state index is 0.826. The van der Waals surface area contributed by atoms with Gasteiger partial charge in [-0.3, -0.25) is 9.98 Å². The van der Waals surface area contributed by atoms with Crippen molar-refractivity contribution in [2.24, 2.45) is 9.98 Å². The van der Waals surface area contributed by atoms with Crippen LogP contribution in [0.5, 0.6) is 0 Å². The van der Waals surface area contributed by atoms with Gasteiger partial charge in [-0.1, -0.05) is 36.5 Å². The van der Waals surface area contributed by atoms with Crippen LogP contribution in [0.3, 0.4) is 0 Å². The summed E-state index contributed by atoms with van der Waals surface area (Å²) in [6.07, 6.45) is 13.9. The monoisotopic (exact) mass is 258 g/mol. The molecule has 0 rings (SSSR count). The van der Waals surface area contributed by atoms with Crippen LogP contribution in [0.4, 0.5) is 0 Å². The van der Waals surface area contributed by atoms with Gasteiger partial charge in [-0.2, -0.15) is 0 Å². The molecular weight excluding hydrogens is 232 g/mol. The highest BCUT2D eigenvalue weighted by atomic mass is 14.8. The maximum Gasteiger partial charge on any atom is 0.0832 e. The smallest absolute Gasteiger partial charge is 0.0832 e. The lowest BCUT2D eigenvalue weighted by molar-refractivity contribution is 0.855. The van der Waals surface area contributed by atoms with Crippen LogP contribution in [0, 0.1) is 0 Å². The number of hydrogen-bond donors (Lipinski definition) is 0. The fourth-order valence-corrected chi connectivity index (χ4v) is 1.47. The largest absolute Gasteiger partial charge is 0.291 e. The molecule has 0 aliphatic rings. The molecule has 0 aromatic carbocycles. The summed E-state index contributed by atoms with van der Waals surface area (Å²) < 4.78 is 0. The molecule has 0 heterocycles. The SMILES string of the molecule is C=C/C(C)=C(/C=NCCC/C=C(C)/C=C/C)N=CC. The Labute approximate surface area is 118 Å². The van der Waals surface area contributed by atoms with E-state index in [1.54, 1.807) is 12.3 Å². The summed E-state index contributed by atoms with van der Waals surface area (Å²) in [6.45, 7) is 12.6. The molecule has 2 heteroatoms. The van der Waals surface area contributed by atoms with Crippen molar-refractivity contribution in [3.8, 4) is 0 Å². The fourth-order valence-electron chi connectivity index (χ4n) is 1.47. The molecule has 0 atom stereocenters. The summed E-state index contributed by atoms with van der Waals surface area (Å²) in [5.74, 6) is 0. The molecule has 0 unspecified atom stereocenters. The second kappa shape index (κ2) is 11.4. The van der Waals surface area contributed by atoms with E-state index in [1.165, 1.54) is 5.57 Å². The first-order valence-electron chi connectivity index (χ1n) is 6.77. The molecule has 0 aliphatic carbocycles. The van der Waals surface area contributed by atoms with Gasteiger partial charge in [0.15, 0.2) is 0 Å². The second-order valence-electron chi connectivity index (χ2n) is 4.29. The molecule has 0 aromatic heterocycles. The molecule has 0 aliphatic heterocycles. The number of nitrogens with zero attached hydrogens (tertiary/aromatic N) is 2. The van der Waals surface area contributed by atoms with Gasteiger partial charge in [0.05, 0.1) is 5.70 Å². The molecule has 0 fully saturated rings.